The number of aryl methyl sites for hydroxylation is 1. The summed E-state index contributed by atoms with van der Waals surface area (Å²) in [6, 6.07) is 9.99. The summed E-state index contributed by atoms with van der Waals surface area (Å²) in [6.07, 6.45) is 0. The summed E-state index contributed by atoms with van der Waals surface area (Å²) in [7, 11) is 0. The quantitative estimate of drug-likeness (QED) is 0.700. The second kappa shape index (κ2) is 9.29. The standard InChI is InChI=1S/C18H19BrClFN2O2/c1-12-2-5-17(15(20)8-12)22-18(25)11-23(6-7-24)10-13-9-14(19)3-4-16(13)21/h2-5,8-9,24H,6-7,10-11H2,1H3,(H,22,25). The number of nitrogens with one attached hydrogen (secondary N) is 1. The van der Waals surface area contributed by atoms with E-state index in [0.29, 0.717) is 16.3 Å². The molecule has 0 bridgehead atoms. The molecule has 0 spiro atoms. The highest BCUT2D eigenvalue weighted by atomic mass is 79.9. The maximum absolute atomic E-state index is 13.9. The molecule has 4 nitrogen and oxygen atoms in total. The van der Waals surface area contributed by atoms with Crippen LogP contribution in [-0.2, 0) is 11.3 Å². The van der Waals surface area contributed by atoms with E-state index in [2.05, 4.69) is 21.2 Å². The number of carbonyl (C=O) groups is 1. The lowest BCUT2D eigenvalue weighted by atomic mass is 10.2. The van der Waals surface area contributed by atoms with Crippen LogP contribution in [0.15, 0.2) is 40.9 Å². The van der Waals surface area contributed by atoms with Crippen LogP contribution in [0, 0.1) is 12.7 Å². The zero-order valence-electron chi connectivity index (χ0n) is 13.7. The minimum atomic E-state index is -0.354. The Bertz CT molecular complexity index is 758. The first-order valence-corrected chi connectivity index (χ1v) is 8.89. The number of nitrogens with zero attached hydrogens (tertiary/aromatic N) is 1. The van der Waals surface area contributed by atoms with Crippen LogP contribution < -0.4 is 5.32 Å². The molecule has 0 unspecified atom stereocenters. The van der Waals surface area contributed by atoms with Gasteiger partial charge < -0.3 is 10.4 Å². The van der Waals surface area contributed by atoms with Crippen molar-refractivity contribution in [3.05, 3.63) is 62.8 Å². The molecular weight excluding hydrogens is 411 g/mol. The molecule has 0 saturated carbocycles. The van der Waals surface area contributed by atoms with Gasteiger partial charge in [0.25, 0.3) is 0 Å². The Hall–Kier alpha value is -1.47. The van der Waals surface area contributed by atoms with E-state index >= 15 is 0 Å². The first-order chi connectivity index (χ1) is 11.9. The van der Waals surface area contributed by atoms with E-state index in [9.17, 15) is 14.3 Å². The molecule has 0 fully saturated rings. The molecule has 0 aliphatic rings. The fourth-order valence-electron chi connectivity index (χ4n) is 2.38. The second-order valence-corrected chi connectivity index (χ2v) is 7.02. The fourth-order valence-corrected chi connectivity index (χ4v) is 3.07. The smallest absolute Gasteiger partial charge is 0.238 e. The van der Waals surface area contributed by atoms with Crippen molar-refractivity contribution in [1.29, 1.82) is 0 Å². The highest BCUT2D eigenvalue weighted by molar-refractivity contribution is 9.10. The predicted octanol–water partition coefficient (Wildman–Crippen LogP) is 3.98. The molecular formula is C18H19BrClFN2O2. The van der Waals surface area contributed by atoms with Crippen LogP contribution in [0.5, 0.6) is 0 Å². The maximum Gasteiger partial charge on any atom is 0.238 e. The van der Waals surface area contributed by atoms with Crippen molar-refractivity contribution in [3.63, 3.8) is 0 Å². The van der Waals surface area contributed by atoms with Gasteiger partial charge in [0.2, 0.25) is 5.91 Å². The van der Waals surface area contributed by atoms with E-state index in [0.717, 1.165) is 10.0 Å². The van der Waals surface area contributed by atoms with E-state index in [-0.39, 0.29) is 38.0 Å². The first kappa shape index (κ1) is 19.8. The summed E-state index contributed by atoms with van der Waals surface area (Å²) in [4.78, 5) is 13.9. The number of hydrogen-bond donors (Lipinski definition) is 2. The van der Waals surface area contributed by atoms with Crippen LogP contribution in [0.2, 0.25) is 5.02 Å². The zero-order valence-corrected chi connectivity index (χ0v) is 16.1. The van der Waals surface area contributed by atoms with Crippen LogP contribution in [0.3, 0.4) is 0 Å². The Kier molecular flexibility index (Phi) is 7.38. The number of rotatable bonds is 7. The molecule has 0 saturated heterocycles. The number of aliphatic hydroxyl groups is 1. The second-order valence-electron chi connectivity index (χ2n) is 5.70. The lowest BCUT2D eigenvalue weighted by molar-refractivity contribution is -0.117. The average Bonchev–Trinajstić information content (AvgIpc) is 2.54. The molecule has 0 aliphatic carbocycles. The molecule has 0 atom stereocenters. The molecule has 2 rings (SSSR count). The summed E-state index contributed by atoms with van der Waals surface area (Å²) in [5.74, 6) is -0.636. The van der Waals surface area contributed by atoms with Gasteiger partial charge in [0, 0.05) is 23.1 Å². The molecule has 2 aromatic carbocycles. The minimum absolute atomic E-state index is 0.0106. The van der Waals surface area contributed by atoms with Crippen LogP contribution in [-0.4, -0.2) is 35.6 Å². The van der Waals surface area contributed by atoms with E-state index in [1.54, 1.807) is 29.2 Å². The monoisotopic (exact) mass is 428 g/mol. The van der Waals surface area contributed by atoms with Gasteiger partial charge in [-0.2, -0.15) is 0 Å². The van der Waals surface area contributed by atoms with Crippen molar-refractivity contribution in [1.82, 2.24) is 4.90 Å². The van der Waals surface area contributed by atoms with Gasteiger partial charge in [-0.25, -0.2) is 4.39 Å². The summed E-state index contributed by atoms with van der Waals surface area (Å²) < 4.78 is 14.7. The number of amides is 1. The number of anilines is 1. The topological polar surface area (TPSA) is 52.6 Å². The van der Waals surface area contributed by atoms with Gasteiger partial charge in [0.1, 0.15) is 5.82 Å². The normalized spacial score (nSPS) is 11.0. The fraction of sp³-hybridized carbons (Fsp3) is 0.278. The van der Waals surface area contributed by atoms with Gasteiger partial charge in [-0.15, -0.1) is 0 Å². The Balaban J connectivity index is 2.04. The molecule has 25 heavy (non-hydrogen) atoms. The van der Waals surface area contributed by atoms with E-state index in [1.165, 1.54) is 6.07 Å². The van der Waals surface area contributed by atoms with Crippen molar-refractivity contribution >= 4 is 39.1 Å². The van der Waals surface area contributed by atoms with Gasteiger partial charge in [0.05, 0.1) is 23.9 Å². The molecule has 1 amide bonds. The van der Waals surface area contributed by atoms with Gasteiger partial charge >= 0.3 is 0 Å². The van der Waals surface area contributed by atoms with Crippen LogP contribution in [0.1, 0.15) is 11.1 Å². The third-order valence-electron chi connectivity index (χ3n) is 3.58. The molecule has 0 aromatic heterocycles. The summed E-state index contributed by atoms with van der Waals surface area (Å²) in [5.41, 5.74) is 1.97. The molecule has 2 aromatic rings. The summed E-state index contributed by atoms with van der Waals surface area (Å²) >= 11 is 9.42. The Labute approximate surface area is 159 Å². The van der Waals surface area contributed by atoms with Gasteiger partial charge in [0.15, 0.2) is 0 Å². The van der Waals surface area contributed by atoms with E-state index < -0.39 is 0 Å². The van der Waals surface area contributed by atoms with E-state index in [4.69, 9.17) is 11.6 Å². The molecule has 134 valence electrons. The number of aliphatic hydroxyl groups excluding tert-OH is 1. The van der Waals surface area contributed by atoms with Gasteiger partial charge in [-0.3, -0.25) is 9.69 Å². The van der Waals surface area contributed by atoms with Crippen LogP contribution in [0.4, 0.5) is 10.1 Å². The average molecular weight is 430 g/mol. The Morgan fingerprint density at radius 2 is 2.08 bits per heavy atom. The third-order valence-corrected chi connectivity index (χ3v) is 4.39. The molecule has 7 heteroatoms. The highest BCUT2D eigenvalue weighted by Crippen LogP contribution is 2.23. The third kappa shape index (κ3) is 6.08. The number of benzene rings is 2. The molecule has 0 aliphatic heterocycles. The summed E-state index contributed by atoms with van der Waals surface area (Å²) in [6.45, 7) is 2.25. The Morgan fingerprint density at radius 1 is 1.32 bits per heavy atom. The number of hydrogen-bond acceptors (Lipinski definition) is 3. The molecule has 2 N–H and O–H groups in total. The number of carbonyl (C=O) groups excluding carboxylic acids is 1. The number of halogens is 3. The van der Waals surface area contributed by atoms with Crippen molar-refractivity contribution < 1.29 is 14.3 Å². The van der Waals surface area contributed by atoms with Crippen molar-refractivity contribution in [2.24, 2.45) is 0 Å². The zero-order chi connectivity index (χ0) is 18.4. The SMILES string of the molecule is Cc1ccc(NC(=O)CN(CCO)Cc2cc(Br)ccc2F)c(Cl)c1. The molecule has 0 radical (unpaired) electrons. The minimum Gasteiger partial charge on any atom is -0.395 e. The van der Waals surface area contributed by atoms with Crippen molar-refractivity contribution in [3.8, 4) is 0 Å². The van der Waals surface area contributed by atoms with Crippen LogP contribution in [0.25, 0.3) is 0 Å². The van der Waals surface area contributed by atoms with E-state index in [1.807, 2.05) is 13.0 Å². The predicted molar refractivity (Wildman–Crippen MR) is 101 cm³/mol. The highest BCUT2D eigenvalue weighted by Gasteiger charge is 2.14. The lowest BCUT2D eigenvalue weighted by Crippen LogP contribution is -2.35. The first-order valence-electron chi connectivity index (χ1n) is 7.72. The van der Waals surface area contributed by atoms with Crippen molar-refractivity contribution in [2.75, 3.05) is 25.0 Å². The Morgan fingerprint density at radius 3 is 2.76 bits per heavy atom. The van der Waals surface area contributed by atoms with Gasteiger partial charge in [-0.05, 0) is 42.8 Å². The maximum atomic E-state index is 13.9. The van der Waals surface area contributed by atoms with Crippen molar-refractivity contribution in [2.45, 2.75) is 13.5 Å². The lowest BCUT2D eigenvalue weighted by Gasteiger charge is -2.21. The van der Waals surface area contributed by atoms with Gasteiger partial charge in [-0.1, -0.05) is 33.6 Å². The summed E-state index contributed by atoms with van der Waals surface area (Å²) in [5, 5.41) is 12.4. The molecule has 0 heterocycles. The largest absolute Gasteiger partial charge is 0.395 e. The van der Waals surface area contributed by atoms with Crippen LogP contribution >= 0.6 is 27.5 Å².